The molecule has 19 atom stereocenters. The van der Waals surface area contributed by atoms with Gasteiger partial charge in [-0.3, -0.25) is 4.68 Å². The standard InChI is InChI=1S/C37H54Cl2N12O19/c1-48-2-15(40-44-48)12-64-34-31(60)28(57)25(54)20(66-34)7-50-5-18(43-47-50)13-65-35-32(61)29(58)24(53)19(67-35)6-49-3-16(41-45-49)10-63-11-17-4-51(46-42-17)8-21-26(55)33(62)37(14-38,69-21)70-36-30(59)27(56)23(39)22(9-52)68-36/h2-5,19-36,52-62H,6-14H2,1H3/t19-,20-,21-,22-,23-,24-,25-,26-,27+,28-,29-,30-,31-,32-,33+,34+,35+,36-,37+/m0/s1. The molecule has 0 saturated carbocycles. The molecule has 0 spiro atoms. The molecule has 390 valence electrons. The van der Waals surface area contributed by atoms with Gasteiger partial charge in [0.1, 0.15) is 108 Å². The zero-order chi connectivity index (χ0) is 50.0. The normalized spacial score (nSPS) is 38.1. The van der Waals surface area contributed by atoms with Crippen LogP contribution in [-0.4, -0.2) is 244 Å². The van der Waals surface area contributed by atoms with E-state index in [0.717, 1.165) is 0 Å². The molecular weight excluding hydrogens is 987 g/mol. The van der Waals surface area contributed by atoms with Gasteiger partial charge in [0, 0.05) is 7.05 Å². The Kier molecular flexibility index (Phi) is 17.1. The molecule has 4 aromatic rings. The van der Waals surface area contributed by atoms with E-state index in [1.807, 2.05) is 0 Å². The minimum absolute atomic E-state index is 0.0566. The van der Waals surface area contributed by atoms with Crippen molar-refractivity contribution < 1.29 is 94.1 Å². The molecule has 4 aliphatic rings. The monoisotopic (exact) mass is 1040 g/mol. The maximum Gasteiger partial charge on any atom is 0.214 e. The average Bonchev–Trinajstić information content (AvgIpc) is 4.21. The number of aryl methyl sites for hydroxylation is 1. The predicted octanol–water partition coefficient (Wildman–Crippen LogP) is -7.53. The highest BCUT2D eigenvalue weighted by Gasteiger charge is 2.58. The maximum atomic E-state index is 10.9. The van der Waals surface area contributed by atoms with Gasteiger partial charge in [-0.05, 0) is 0 Å². The van der Waals surface area contributed by atoms with E-state index in [1.54, 1.807) is 13.2 Å². The van der Waals surface area contributed by atoms with E-state index in [2.05, 4.69) is 41.2 Å². The van der Waals surface area contributed by atoms with E-state index >= 15 is 0 Å². The largest absolute Gasteiger partial charge is 0.394 e. The van der Waals surface area contributed by atoms with Gasteiger partial charge >= 0.3 is 0 Å². The smallest absolute Gasteiger partial charge is 0.214 e. The van der Waals surface area contributed by atoms with Crippen LogP contribution < -0.4 is 0 Å². The molecule has 8 rings (SSSR count). The number of aromatic nitrogens is 12. The summed E-state index contributed by atoms with van der Waals surface area (Å²) in [4.78, 5) is 0. The van der Waals surface area contributed by atoms with Crippen LogP contribution in [0.3, 0.4) is 0 Å². The Morgan fingerprint density at radius 3 is 1.46 bits per heavy atom. The third kappa shape index (κ3) is 11.6. The molecule has 33 heteroatoms. The number of nitrogens with zero attached hydrogens (tertiary/aromatic N) is 12. The summed E-state index contributed by atoms with van der Waals surface area (Å²) >= 11 is 12.2. The summed E-state index contributed by atoms with van der Waals surface area (Å²) in [5.41, 5.74) is 1.39. The number of alkyl halides is 2. The molecule has 0 aromatic carbocycles. The molecular formula is C37H54Cl2N12O19. The first-order valence-electron chi connectivity index (χ1n) is 21.7. The predicted molar refractivity (Wildman–Crippen MR) is 221 cm³/mol. The van der Waals surface area contributed by atoms with Crippen LogP contribution in [0, 0.1) is 0 Å². The fourth-order valence-corrected chi connectivity index (χ4v) is 8.65. The number of aliphatic hydroxyl groups is 11. The molecule has 0 aliphatic carbocycles. The number of ether oxygens (including phenoxy) is 8. The van der Waals surface area contributed by atoms with Gasteiger partial charge in [-0.25, -0.2) is 14.0 Å². The first-order valence-corrected chi connectivity index (χ1v) is 22.7. The molecule has 0 radical (unpaired) electrons. The highest BCUT2D eigenvalue weighted by Crippen LogP contribution is 2.38. The summed E-state index contributed by atoms with van der Waals surface area (Å²) < 4.78 is 51.1. The van der Waals surface area contributed by atoms with Gasteiger partial charge in [0.25, 0.3) is 0 Å². The fraction of sp³-hybridized carbons (Fsp3) is 0.784. The summed E-state index contributed by atoms with van der Waals surface area (Å²) in [6.07, 6.45) is -19.1. The lowest BCUT2D eigenvalue weighted by molar-refractivity contribution is -0.358. The molecule has 0 bridgehead atoms. The number of halogens is 2. The van der Waals surface area contributed by atoms with Gasteiger partial charge in [0.05, 0.1) is 88.7 Å². The highest BCUT2D eigenvalue weighted by atomic mass is 35.5. The van der Waals surface area contributed by atoms with Crippen molar-refractivity contribution in [2.45, 2.75) is 162 Å². The van der Waals surface area contributed by atoms with E-state index in [0.29, 0.717) is 17.1 Å². The van der Waals surface area contributed by atoms with Crippen molar-refractivity contribution in [3.63, 3.8) is 0 Å². The zero-order valence-corrected chi connectivity index (χ0v) is 38.4. The van der Waals surface area contributed by atoms with Gasteiger partial charge in [0.2, 0.25) is 5.79 Å². The van der Waals surface area contributed by atoms with Crippen LogP contribution in [0.25, 0.3) is 0 Å². The summed E-state index contributed by atoms with van der Waals surface area (Å²) in [6, 6.07) is 0. The van der Waals surface area contributed by atoms with Crippen molar-refractivity contribution in [3.8, 4) is 0 Å². The van der Waals surface area contributed by atoms with Crippen LogP contribution >= 0.6 is 23.2 Å². The van der Waals surface area contributed by atoms with Crippen molar-refractivity contribution in [2.24, 2.45) is 7.05 Å². The fourth-order valence-electron chi connectivity index (χ4n) is 8.08. The summed E-state index contributed by atoms with van der Waals surface area (Å²) in [5.74, 6) is -2.65. The second kappa shape index (κ2) is 22.7. The van der Waals surface area contributed by atoms with Crippen LogP contribution in [0.1, 0.15) is 22.8 Å². The summed E-state index contributed by atoms with van der Waals surface area (Å²) in [7, 11) is 1.67. The van der Waals surface area contributed by atoms with Crippen LogP contribution in [0.2, 0.25) is 0 Å². The van der Waals surface area contributed by atoms with Crippen molar-refractivity contribution in [1.29, 1.82) is 0 Å². The number of aliphatic hydroxyl groups excluding tert-OH is 11. The van der Waals surface area contributed by atoms with E-state index in [1.165, 1.54) is 37.3 Å². The highest BCUT2D eigenvalue weighted by molar-refractivity contribution is 6.21. The molecule has 31 nitrogen and oxygen atoms in total. The Morgan fingerprint density at radius 1 is 0.543 bits per heavy atom. The Bertz CT molecular complexity index is 2280. The van der Waals surface area contributed by atoms with Crippen molar-refractivity contribution in [1.82, 2.24) is 60.0 Å². The topological polar surface area (TPSA) is 419 Å². The minimum atomic E-state index is -2.11. The minimum Gasteiger partial charge on any atom is -0.394 e. The van der Waals surface area contributed by atoms with Gasteiger partial charge in [0.15, 0.2) is 18.9 Å². The Labute approximate surface area is 405 Å². The first kappa shape index (κ1) is 52.7. The quantitative estimate of drug-likeness (QED) is 0.0366. The molecule has 70 heavy (non-hydrogen) atoms. The van der Waals surface area contributed by atoms with E-state index in [9.17, 15) is 56.2 Å². The lowest BCUT2D eigenvalue weighted by atomic mass is 9.99. The molecule has 4 fully saturated rings. The third-order valence-electron chi connectivity index (χ3n) is 11.9. The molecule has 0 unspecified atom stereocenters. The van der Waals surface area contributed by atoms with E-state index in [4.69, 9.17) is 61.1 Å². The molecule has 4 saturated heterocycles. The summed E-state index contributed by atoms with van der Waals surface area (Å²) in [5, 5.41) is 147. The van der Waals surface area contributed by atoms with Gasteiger partial charge in [-0.15, -0.1) is 43.6 Å². The van der Waals surface area contributed by atoms with Crippen LogP contribution in [0.15, 0.2) is 24.8 Å². The van der Waals surface area contributed by atoms with Gasteiger partial charge in [-0.1, -0.05) is 20.9 Å². The van der Waals surface area contributed by atoms with Crippen molar-refractivity contribution in [2.75, 3.05) is 12.5 Å². The van der Waals surface area contributed by atoms with E-state index < -0.39 is 128 Å². The lowest BCUT2D eigenvalue weighted by Gasteiger charge is -2.43. The molecule has 0 amide bonds. The van der Waals surface area contributed by atoms with Crippen LogP contribution in [0.5, 0.6) is 0 Å². The van der Waals surface area contributed by atoms with Crippen molar-refractivity contribution in [3.05, 3.63) is 47.6 Å². The molecule has 4 aliphatic heterocycles. The molecule has 11 N–H and O–H groups in total. The van der Waals surface area contributed by atoms with Crippen LogP contribution in [-0.2, 0) is 91.0 Å². The van der Waals surface area contributed by atoms with E-state index in [-0.39, 0.29) is 51.8 Å². The SMILES string of the molecule is Cn1cc(CO[C@@H]2O[C@@H](Cn3cc(CO[C@@H]4O[C@@H](Cn5cc(COCc6cn(C[C@@H]7O[C@](CCl)(O[C@@H]8O[C@@H](CO)[C@H](Cl)[C@@H](O)[C@@H]8O)[C@H](O)[C@H]7O)nn6)nn5)[C@H](O)[C@H](O)[C@@H]4O)nn3)[C@H](O)[C@H](O)[C@@H]2O)nn1. The zero-order valence-electron chi connectivity index (χ0n) is 36.9. The van der Waals surface area contributed by atoms with Crippen LogP contribution in [0.4, 0.5) is 0 Å². The van der Waals surface area contributed by atoms with Gasteiger partial charge < -0.3 is 94.1 Å². The molecule has 4 aromatic heterocycles. The average molecular weight is 1040 g/mol. The number of rotatable bonds is 20. The van der Waals surface area contributed by atoms with Crippen molar-refractivity contribution >= 4 is 23.2 Å². The molecule has 8 heterocycles. The first-order chi connectivity index (χ1) is 33.5. The number of hydrogen-bond acceptors (Lipinski definition) is 27. The van der Waals surface area contributed by atoms with Gasteiger partial charge in [-0.2, -0.15) is 0 Å². The second-order valence-electron chi connectivity index (χ2n) is 17.1. The number of hydrogen-bond donors (Lipinski definition) is 11. The second-order valence-corrected chi connectivity index (χ2v) is 17.9. The third-order valence-corrected chi connectivity index (χ3v) is 12.9. The Balaban J connectivity index is 0.783. The Hall–Kier alpha value is -3.62. The maximum absolute atomic E-state index is 10.9. The Morgan fingerprint density at radius 2 is 0.986 bits per heavy atom. The summed E-state index contributed by atoms with van der Waals surface area (Å²) in [6.45, 7) is -1.52. The lowest BCUT2D eigenvalue weighted by Crippen LogP contribution is -2.61.